The lowest BCUT2D eigenvalue weighted by Crippen LogP contribution is -2.00. The first-order valence-electron chi connectivity index (χ1n) is 12.0. The smallest absolute Gasteiger partial charge is 0.195 e. The highest BCUT2D eigenvalue weighted by Crippen LogP contribution is 2.45. The van der Waals surface area contributed by atoms with Crippen LogP contribution in [0.1, 0.15) is 22.3 Å². The third-order valence-electron chi connectivity index (χ3n) is 7.53. The van der Waals surface area contributed by atoms with Gasteiger partial charge in [-0.25, -0.2) is 0 Å². The Bertz CT molecular complexity index is 1940. The quantitative estimate of drug-likeness (QED) is 0.237. The van der Waals surface area contributed by atoms with Gasteiger partial charge in [0, 0.05) is 51.5 Å². The molecule has 0 bridgehead atoms. The van der Waals surface area contributed by atoms with Crippen molar-refractivity contribution < 1.29 is 0 Å². The fourth-order valence-electron chi connectivity index (χ4n) is 5.62. The van der Waals surface area contributed by atoms with Crippen molar-refractivity contribution in [1.82, 2.24) is 0 Å². The molecular weight excluding hydrogens is 480 g/mol. The molecule has 0 atom stereocenters. The molecule has 0 N–H and O–H groups in total. The number of benzene rings is 3. The summed E-state index contributed by atoms with van der Waals surface area (Å²) in [5.74, 6) is 0. The van der Waals surface area contributed by atoms with Crippen LogP contribution < -0.4 is 10.9 Å². The number of aryl methyl sites for hydroxylation is 4. The van der Waals surface area contributed by atoms with E-state index in [0.29, 0.717) is 0 Å². The van der Waals surface area contributed by atoms with Gasteiger partial charge in [-0.2, -0.15) is 0 Å². The molecule has 0 saturated heterocycles. The fourth-order valence-corrected chi connectivity index (χ4v) is 8.15. The number of hydrogen-bond acceptors (Lipinski definition) is 4. The summed E-state index contributed by atoms with van der Waals surface area (Å²) in [6.45, 7) is 8.18. The Labute approximate surface area is 215 Å². The van der Waals surface area contributed by atoms with Crippen LogP contribution in [0.3, 0.4) is 0 Å². The van der Waals surface area contributed by atoms with Gasteiger partial charge in [-0.05, 0) is 62.1 Å². The number of hydrogen-bond donors (Lipinski definition) is 0. The molecule has 4 heteroatoms. The highest BCUT2D eigenvalue weighted by atomic mass is 32.1. The third-order valence-corrected chi connectivity index (χ3v) is 9.94. The fraction of sp³-hybridized carbons (Fsp3) is 0.125. The molecule has 0 unspecified atom stereocenters. The molecule has 7 rings (SSSR count). The van der Waals surface area contributed by atoms with Crippen LogP contribution in [0.5, 0.6) is 0 Å². The Morgan fingerprint density at radius 3 is 1.22 bits per heavy atom. The van der Waals surface area contributed by atoms with Gasteiger partial charge in [0.25, 0.3) is 0 Å². The molecule has 0 aliphatic heterocycles. The molecule has 7 aromatic rings. The van der Waals surface area contributed by atoms with E-state index in [0.717, 1.165) is 73.7 Å². The molecule has 0 aliphatic carbocycles. The maximum atomic E-state index is 13.7. The number of thiophene rings is 2. The Balaban J connectivity index is 1.54. The summed E-state index contributed by atoms with van der Waals surface area (Å²) >= 11 is 3.31. The van der Waals surface area contributed by atoms with Crippen LogP contribution >= 0.6 is 22.7 Å². The molecule has 174 valence electrons. The molecule has 0 spiro atoms. The Hall–Kier alpha value is -3.60. The van der Waals surface area contributed by atoms with Gasteiger partial charge in [0.15, 0.2) is 10.9 Å². The van der Waals surface area contributed by atoms with Crippen molar-refractivity contribution in [2.24, 2.45) is 0 Å². The highest BCUT2D eigenvalue weighted by molar-refractivity contribution is 7.24. The summed E-state index contributed by atoms with van der Waals surface area (Å²) in [5.41, 5.74) is 6.67. The normalized spacial score (nSPS) is 12.1. The monoisotopic (exact) mass is 502 g/mol. The molecule has 36 heavy (non-hydrogen) atoms. The Kier molecular flexibility index (Phi) is 4.48. The van der Waals surface area contributed by atoms with Crippen LogP contribution in [0.25, 0.3) is 62.6 Å². The van der Waals surface area contributed by atoms with Crippen molar-refractivity contribution in [2.45, 2.75) is 27.7 Å². The lowest BCUT2D eigenvalue weighted by Gasteiger charge is -2.05. The van der Waals surface area contributed by atoms with Gasteiger partial charge in [-0.1, -0.05) is 59.7 Å². The predicted molar refractivity (Wildman–Crippen MR) is 157 cm³/mol. The average molecular weight is 503 g/mol. The second kappa shape index (κ2) is 7.45. The second-order valence-electron chi connectivity index (χ2n) is 9.85. The maximum Gasteiger partial charge on any atom is 0.195 e. The van der Waals surface area contributed by atoms with Crippen molar-refractivity contribution in [3.8, 4) is 20.9 Å². The summed E-state index contributed by atoms with van der Waals surface area (Å²) in [4.78, 5) is 29.6. The topological polar surface area (TPSA) is 34.1 Å². The predicted octanol–water partition coefficient (Wildman–Crippen LogP) is 8.59. The zero-order valence-corrected chi connectivity index (χ0v) is 22.0. The van der Waals surface area contributed by atoms with Gasteiger partial charge in [0.05, 0.1) is 0 Å². The molecule has 0 radical (unpaired) electrons. The van der Waals surface area contributed by atoms with E-state index in [1.165, 1.54) is 11.1 Å². The summed E-state index contributed by atoms with van der Waals surface area (Å²) in [6.07, 6.45) is 0. The van der Waals surface area contributed by atoms with Gasteiger partial charge >= 0.3 is 0 Å². The lowest BCUT2D eigenvalue weighted by atomic mass is 9.99. The van der Waals surface area contributed by atoms with Crippen molar-refractivity contribution in [2.75, 3.05) is 0 Å². The van der Waals surface area contributed by atoms with Crippen molar-refractivity contribution in [3.05, 3.63) is 103 Å². The van der Waals surface area contributed by atoms with Crippen LogP contribution in [0.2, 0.25) is 0 Å². The summed E-state index contributed by atoms with van der Waals surface area (Å²) in [6, 6.07) is 20.9. The second-order valence-corrected chi connectivity index (χ2v) is 12.0. The van der Waals surface area contributed by atoms with Crippen molar-refractivity contribution >= 4 is 64.4 Å². The molecule has 0 saturated carbocycles. The molecule has 2 aromatic heterocycles. The first-order chi connectivity index (χ1) is 17.3. The number of rotatable bonds is 2. The zero-order chi connectivity index (χ0) is 24.9. The van der Waals surface area contributed by atoms with E-state index in [1.54, 1.807) is 22.7 Å². The molecule has 0 aliphatic rings. The molecule has 0 amide bonds. The van der Waals surface area contributed by atoms with Gasteiger partial charge < -0.3 is 0 Å². The summed E-state index contributed by atoms with van der Waals surface area (Å²) in [7, 11) is 0. The molecule has 0 fully saturated rings. The maximum absolute atomic E-state index is 13.7. The van der Waals surface area contributed by atoms with Crippen LogP contribution in [-0.4, -0.2) is 0 Å². The van der Waals surface area contributed by atoms with E-state index < -0.39 is 0 Å². The van der Waals surface area contributed by atoms with E-state index >= 15 is 0 Å². The molecular formula is C32H22O2S2. The number of fused-ring (bicyclic) bond motifs is 6. The first-order valence-corrected chi connectivity index (χ1v) is 13.7. The van der Waals surface area contributed by atoms with E-state index in [4.69, 9.17) is 0 Å². The van der Waals surface area contributed by atoms with Crippen LogP contribution in [-0.2, 0) is 0 Å². The van der Waals surface area contributed by atoms with Crippen LogP contribution in [0.4, 0.5) is 0 Å². The van der Waals surface area contributed by atoms with Gasteiger partial charge in [0.1, 0.15) is 0 Å². The van der Waals surface area contributed by atoms with Crippen molar-refractivity contribution in [1.29, 1.82) is 0 Å². The third kappa shape index (κ3) is 2.83. The average Bonchev–Trinajstić information content (AvgIpc) is 3.60. The first kappa shape index (κ1) is 21.7. The zero-order valence-electron chi connectivity index (χ0n) is 20.4. The van der Waals surface area contributed by atoms with Gasteiger partial charge in [0.2, 0.25) is 0 Å². The Morgan fingerprint density at radius 1 is 0.500 bits per heavy atom. The minimum Gasteiger partial charge on any atom is -0.289 e. The molecule has 2 nitrogen and oxygen atoms in total. The molecule has 5 aromatic carbocycles. The standard InChI is InChI=1S/C32H22O2S2/c1-15-5-9-19(10-6-15)23-13-21-29(33)25-18(4)28-26(17(3)27(25)31(21)35-23)30(34)22-14-24(36-32(22)28)20-11-7-16(2)8-12-20/h5-14H,1-4H3. The van der Waals surface area contributed by atoms with E-state index in [-0.39, 0.29) is 10.9 Å². The van der Waals surface area contributed by atoms with Crippen molar-refractivity contribution in [3.63, 3.8) is 0 Å². The van der Waals surface area contributed by atoms with E-state index in [1.807, 2.05) is 26.0 Å². The summed E-state index contributed by atoms with van der Waals surface area (Å²) in [5, 5.41) is 4.98. The summed E-state index contributed by atoms with van der Waals surface area (Å²) < 4.78 is 2.00. The largest absolute Gasteiger partial charge is 0.289 e. The molecule has 2 heterocycles. The van der Waals surface area contributed by atoms with Crippen LogP contribution in [0.15, 0.2) is 70.3 Å². The van der Waals surface area contributed by atoms with E-state index in [2.05, 4.69) is 62.4 Å². The van der Waals surface area contributed by atoms with Crippen LogP contribution in [0, 0.1) is 27.7 Å². The SMILES string of the molecule is Cc1ccc(-c2cc3c(=O)c4c(C)c5c(c(C)c4c3s2)c(=O)c2cc(-c3ccc(C)cc3)sc25)cc1. The van der Waals surface area contributed by atoms with Gasteiger partial charge in [-0.3, -0.25) is 9.59 Å². The van der Waals surface area contributed by atoms with Gasteiger partial charge in [-0.15, -0.1) is 22.7 Å². The minimum atomic E-state index is 0.0780. The lowest BCUT2D eigenvalue weighted by molar-refractivity contribution is 1.48. The minimum absolute atomic E-state index is 0.0780. The van der Waals surface area contributed by atoms with E-state index in [9.17, 15) is 9.59 Å². The highest BCUT2D eigenvalue weighted by Gasteiger charge is 2.25. The Morgan fingerprint density at radius 2 is 0.861 bits per heavy atom.